The standard InChI is InChI=1S/C18H23N3O2S2/c1-2-13-3-7-16(8-4-13)25(22,23)21-11-9-15(10-12-21)18-20-19-17(24-18)14-5-6-14/h3-4,7-8,14-15H,2,5-6,9-12H2,1H3. The molecular weight excluding hydrogens is 354 g/mol. The Morgan fingerprint density at radius 2 is 1.56 bits per heavy atom. The first-order chi connectivity index (χ1) is 12.1. The van der Waals surface area contributed by atoms with Crippen molar-refractivity contribution >= 4 is 21.4 Å². The second-order valence-corrected chi connectivity index (χ2v) is 9.91. The highest BCUT2D eigenvalue weighted by Gasteiger charge is 2.33. The fourth-order valence-electron chi connectivity index (χ4n) is 3.30. The van der Waals surface area contributed by atoms with E-state index in [2.05, 4.69) is 17.1 Å². The van der Waals surface area contributed by atoms with Crippen molar-refractivity contribution in [1.82, 2.24) is 14.5 Å². The molecule has 25 heavy (non-hydrogen) atoms. The van der Waals surface area contributed by atoms with E-state index in [0.717, 1.165) is 29.8 Å². The van der Waals surface area contributed by atoms with Gasteiger partial charge >= 0.3 is 0 Å². The average Bonchev–Trinajstić information content (AvgIpc) is 3.39. The molecule has 1 aromatic heterocycles. The summed E-state index contributed by atoms with van der Waals surface area (Å²) in [4.78, 5) is 0.398. The lowest BCUT2D eigenvalue weighted by Crippen LogP contribution is -2.37. The zero-order valence-electron chi connectivity index (χ0n) is 14.4. The van der Waals surface area contributed by atoms with Gasteiger partial charge in [-0.25, -0.2) is 8.42 Å². The van der Waals surface area contributed by atoms with E-state index in [9.17, 15) is 8.42 Å². The third-order valence-electron chi connectivity index (χ3n) is 5.16. The summed E-state index contributed by atoms with van der Waals surface area (Å²) in [6.07, 6.45) is 5.04. The van der Waals surface area contributed by atoms with Gasteiger partial charge in [-0.1, -0.05) is 19.1 Å². The highest BCUT2D eigenvalue weighted by molar-refractivity contribution is 7.89. The molecule has 0 spiro atoms. The minimum Gasteiger partial charge on any atom is -0.207 e. The van der Waals surface area contributed by atoms with Crippen LogP contribution in [0.15, 0.2) is 29.2 Å². The summed E-state index contributed by atoms with van der Waals surface area (Å²) in [6.45, 7) is 3.18. The minimum absolute atomic E-state index is 0.346. The third-order valence-corrected chi connectivity index (χ3v) is 8.32. The van der Waals surface area contributed by atoms with Crippen molar-refractivity contribution in [2.45, 2.75) is 55.8 Å². The summed E-state index contributed by atoms with van der Waals surface area (Å²) in [5.74, 6) is 0.983. The van der Waals surface area contributed by atoms with Crippen LogP contribution in [0.5, 0.6) is 0 Å². The molecule has 0 bridgehead atoms. The van der Waals surface area contributed by atoms with Gasteiger partial charge in [0.15, 0.2) is 0 Å². The van der Waals surface area contributed by atoms with Crippen LogP contribution in [0.25, 0.3) is 0 Å². The molecule has 5 nitrogen and oxygen atoms in total. The molecule has 1 aliphatic heterocycles. The molecule has 134 valence electrons. The number of hydrogen-bond donors (Lipinski definition) is 0. The Morgan fingerprint density at radius 1 is 1.00 bits per heavy atom. The van der Waals surface area contributed by atoms with Gasteiger partial charge in [0.25, 0.3) is 0 Å². The number of hydrogen-bond acceptors (Lipinski definition) is 5. The molecule has 1 aliphatic carbocycles. The second-order valence-electron chi connectivity index (χ2n) is 6.93. The van der Waals surface area contributed by atoms with Gasteiger partial charge in [-0.05, 0) is 49.8 Å². The topological polar surface area (TPSA) is 63.2 Å². The molecule has 0 radical (unpaired) electrons. The maximum atomic E-state index is 12.8. The van der Waals surface area contributed by atoms with E-state index in [4.69, 9.17) is 0 Å². The molecule has 2 fully saturated rings. The lowest BCUT2D eigenvalue weighted by atomic mass is 9.99. The fourth-order valence-corrected chi connectivity index (χ4v) is 5.95. The molecule has 2 heterocycles. The van der Waals surface area contributed by atoms with E-state index in [-0.39, 0.29) is 0 Å². The van der Waals surface area contributed by atoms with Crippen molar-refractivity contribution in [1.29, 1.82) is 0 Å². The van der Waals surface area contributed by atoms with Crippen LogP contribution in [0.3, 0.4) is 0 Å². The van der Waals surface area contributed by atoms with Crippen LogP contribution < -0.4 is 0 Å². The van der Waals surface area contributed by atoms with Crippen LogP contribution in [0.2, 0.25) is 0 Å². The van der Waals surface area contributed by atoms with E-state index >= 15 is 0 Å². The summed E-state index contributed by atoms with van der Waals surface area (Å²) in [6, 6.07) is 7.26. The molecule has 4 rings (SSSR count). The summed E-state index contributed by atoms with van der Waals surface area (Å²) in [5.41, 5.74) is 1.15. The molecule has 0 amide bonds. The number of nitrogens with zero attached hydrogens (tertiary/aromatic N) is 3. The Bertz CT molecular complexity index is 833. The van der Waals surface area contributed by atoms with E-state index < -0.39 is 10.0 Å². The van der Waals surface area contributed by atoms with Crippen molar-refractivity contribution < 1.29 is 8.42 Å². The zero-order valence-corrected chi connectivity index (χ0v) is 16.0. The lowest BCUT2D eigenvalue weighted by molar-refractivity contribution is 0.318. The molecule has 2 aliphatic rings. The first-order valence-electron chi connectivity index (χ1n) is 9.00. The van der Waals surface area contributed by atoms with Crippen molar-refractivity contribution in [3.8, 4) is 0 Å². The predicted molar refractivity (Wildman–Crippen MR) is 98.4 cm³/mol. The maximum absolute atomic E-state index is 12.8. The van der Waals surface area contributed by atoms with Gasteiger partial charge < -0.3 is 0 Å². The Morgan fingerprint density at radius 3 is 2.08 bits per heavy atom. The lowest BCUT2D eigenvalue weighted by Gasteiger charge is -2.30. The summed E-state index contributed by atoms with van der Waals surface area (Å²) in [5, 5.41) is 10.9. The fraction of sp³-hybridized carbons (Fsp3) is 0.556. The summed E-state index contributed by atoms with van der Waals surface area (Å²) in [7, 11) is -3.39. The first-order valence-corrected chi connectivity index (χ1v) is 11.3. The van der Waals surface area contributed by atoms with Gasteiger partial charge in [0.1, 0.15) is 10.0 Å². The van der Waals surface area contributed by atoms with Gasteiger partial charge in [0.05, 0.1) is 4.90 Å². The summed E-state index contributed by atoms with van der Waals surface area (Å²) < 4.78 is 27.3. The van der Waals surface area contributed by atoms with Crippen molar-refractivity contribution in [2.24, 2.45) is 0 Å². The smallest absolute Gasteiger partial charge is 0.207 e. The molecule has 0 unspecified atom stereocenters. The van der Waals surface area contributed by atoms with Crippen molar-refractivity contribution in [3.05, 3.63) is 39.8 Å². The number of aromatic nitrogens is 2. The zero-order chi connectivity index (χ0) is 17.4. The molecule has 0 N–H and O–H groups in total. The van der Waals surface area contributed by atoms with E-state index in [1.807, 2.05) is 12.1 Å². The van der Waals surface area contributed by atoms with Gasteiger partial charge in [-0.2, -0.15) is 4.31 Å². The van der Waals surface area contributed by atoms with Crippen LogP contribution in [0.1, 0.15) is 60.0 Å². The van der Waals surface area contributed by atoms with Crippen molar-refractivity contribution in [2.75, 3.05) is 13.1 Å². The third kappa shape index (κ3) is 3.50. The van der Waals surface area contributed by atoms with Gasteiger partial charge in [-0.3, -0.25) is 0 Å². The Kier molecular flexibility index (Phi) is 4.64. The number of rotatable bonds is 5. The number of aryl methyl sites for hydroxylation is 1. The van der Waals surface area contributed by atoms with Crippen LogP contribution in [0, 0.1) is 0 Å². The van der Waals surface area contributed by atoms with E-state index in [1.54, 1.807) is 27.8 Å². The van der Waals surface area contributed by atoms with Crippen molar-refractivity contribution in [3.63, 3.8) is 0 Å². The molecule has 1 saturated carbocycles. The monoisotopic (exact) mass is 377 g/mol. The van der Waals surface area contributed by atoms with Crippen LogP contribution in [-0.4, -0.2) is 36.0 Å². The normalized spacial score (nSPS) is 20.0. The summed E-state index contributed by atoms with van der Waals surface area (Å²) >= 11 is 1.73. The highest BCUT2D eigenvalue weighted by atomic mass is 32.2. The molecular formula is C18H23N3O2S2. The highest BCUT2D eigenvalue weighted by Crippen LogP contribution is 2.43. The van der Waals surface area contributed by atoms with E-state index in [0.29, 0.717) is 29.8 Å². The Labute approximate surface area is 153 Å². The Balaban J connectivity index is 1.42. The van der Waals surface area contributed by atoms with Crippen LogP contribution in [0.4, 0.5) is 0 Å². The minimum atomic E-state index is -3.39. The maximum Gasteiger partial charge on any atom is 0.243 e. The van der Waals surface area contributed by atoms with Gasteiger partial charge in [0, 0.05) is 24.9 Å². The van der Waals surface area contributed by atoms with Gasteiger partial charge in [-0.15, -0.1) is 21.5 Å². The van der Waals surface area contributed by atoms with Crippen LogP contribution >= 0.6 is 11.3 Å². The predicted octanol–water partition coefficient (Wildman–Crippen LogP) is 3.55. The number of sulfonamides is 1. The largest absolute Gasteiger partial charge is 0.243 e. The number of piperidine rings is 1. The SMILES string of the molecule is CCc1ccc(S(=O)(=O)N2CCC(c3nnc(C4CC4)s3)CC2)cc1. The molecule has 1 aromatic carbocycles. The van der Waals surface area contributed by atoms with Gasteiger partial charge in [0.2, 0.25) is 10.0 Å². The van der Waals surface area contributed by atoms with Crippen LogP contribution in [-0.2, 0) is 16.4 Å². The Hall–Kier alpha value is -1.31. The van der Waals surface area contributed by atoms with E-state index in [1.165, 1.54) is 17.8 Å². The average molecular weight is 378 g/mol. The molecule has 7 heteroatoms. The molecule has 1 saturated heterocycles. The quantitative estimate of drug-likeness (QED) is 0.799. The molecule has 2 aromatic rings. The first kappa shape index (κ1) is 17.1. The second kappa shape index (κ2) is 6.78. The molecule has 0 atom stereocenters. The number of benzene rings is 1.